The SMILES string of the molecule is COc1cc(/C=C(/C#N)C(=O)NC(N)=O)c(Br)cc1OCc1ccccc1C#N. The predicted octanol–water partition coefficient (Wildman–Crippen LogP) is 3.01. The summed E-state index contributed by atoms with van der Waals surface area (Å²) in [6.45, 7) is 0.145. The van der Waals surface area contributed by atoms with Crippen molar-refractivity contribution in [2.45, 2.75) is 6.61 Å². The van der Waals surface area contributed by atoms with Crippen LogP contribution in [0, 0.1) is 22.7 Å². The number of benzene rings is 2. The number of nitrogens with zero attached hydrogens (tertiary/aromatic N) is 2. The van der Waals surface area contributed by atoms with Gasteiger partial charge >= 0.3 is 6.03 Å². The number of ether oxygens (including phenoxy) is 2. The first-order chi connectivity index (χ1) is 13.9. The largest absolute Gasteiger partial charge is 0.493 e. The third-order valence-electron chi connectivity index (χ3n) is 3.71. The Morgan fingerprint density at radius 3 is 2.59 bits per heavy atom. The highest BCUT2D eigenvalue weighted by Gasteiger charge is 2.15. The summed E-state index contributed by atoms with van der Waals surface area (Å²) in [4.78, 5) is 22.7. The normalized spacial score (nSPS) is 10.4. The number of hydrogen-bond acceptors (Lipinski definition) is 6. The van der Waals surface area contributed by atoms with Crippen molar-refractivity contribution in [1.29, 1.82) is 10.5 Å². The fraction of sp³-hybridized carbons (Fsp3) is 0.100. The molecule has 9 heteroatoms. The van der Waals surface area contributed by atoms with E-state index in [0.29, 0.717) is 32.7 Å². The van der Waals surface area contributed by atoms with E-state index in [1.165, 1.54) is 13.2 Å². The van der Waals surface area contributed by atoms with Crippen LogP contribution in [0.4, 0.5) is 4.79 Å². The van der Waals surface area contributed by atoms with Crippen molar-refractivity contribution in [3.05, 3.63) is 63.1 Å². The summed E-state index contributed by atoms with van der Waals surface area (Å²) in [5.74, 6) is -0.176. The van der Waals surface area contributed by atoms with E-state index in [9.17, 15) is 20.1 Å². The molecule has 0 bridgehead atoms. The molecule has 0 spiro atoms. The number of amides is 3. The Hall–Kier alpha value is -3.82. The van der Waals surface area contributed by atoms with Crippen LogP contribution in [0.2, 0.25) is 0 Å². The van der Waals surface area contributed by atoms with E-state index in [0.717, 1.165) is 0 Å². The summed E-state index contributed by atoms with van der Waals surface area (Å²) >= 11 is 3.36. The zero-order valence-corrected chi connectivity index (χ0v) is 16.8. The summed E-state index contributed by atoms with van der Waals surface area (Å²) < 4.78 is 11.6. The van der Waals surface area contributed by atoms with Gasteiger partial charge in [0.15, 0.2) is 11.5 Å². The van der Waals surface area contributed by atoms with Gasteiger partial charge in [-0.3, -0.25) is 10.1 Å². The Morgan fingerprint density at radius 2 is 1.97 bits per heavy atom. The number of rotatable bonds is 6. The topological polar surface area (TPSA) is 138 Å². The Morgan fingerprint density at radius 1 is 1.24 bits per heavy atom. The summed E-state index contributed by atoms with van der Waals surface area (Å²) in [5, 5.41) is 20.2. The van der Waals surface area contributed by atoms with Gasteiger partial charge < -0.3 is 15.2 Å². The molecule has 0 saturated heterocycles. The maximum absolute atomic E-state index is 11.8. The third-order valence-corrected chi connectivity index (χ3v) is 4.39. The van der Waals surface area contributed by atoms with Crippen molar-refractivity contribution in [3.63, 3.8) is 0 Å². The van der Waals surface area contributed by atoms with Gasteiger partial charge in [0.1, 0.15) is 18.2 Å². The highest BCUT2D eigenvalue weighted by Crippen LogP contribution is 2.35. The quantitative estimate of drug-likeness (QED) is 0.507. The number of nitriles is 2. The number of carbonyl (C=O) groups is 2. The molecule has 0 aliphatic rings. The Bertz CT molecular complexity index is 1070. The van der Waals surface area contributed by atoms with Gasteiger partial charge in [-0.05, 0) is 29.8 Å². The molecule has 0 heterocycles. The number of hydrogen-bond donors (Lipinski definition) is 2. The number of primary amides is 1. The van der Waals surface area contributed by atoms with Crippen molar-refractivity contribution in [2.75, 3.05) is 7.11 Å². The maximum Gasteiger partial charge on any atom is 0.319 e. The summed E-state index contributed by atoms with van der Waals surface area (Å²) in [6.07, 6.45) is 1.28. The molecule has 3 N–H and O–H groups in total. The molecule has 2 rings (SSSR count). The number of nitrogens with one attached hydrogen (secondary N) is 1. The summed E-state index contributed by atoms with van der Waals surface area (Å²) in [5.41, 5.74) is 6.25. The van der Waals surface area contributed by atoms with Crippen molar-refractivity contribution in [2.24, 2.45) is 5.73 Å². The molecule has 29 heavy (non-hydrogen) atoms. The molecule has 2 aromatic rings. The number of halogens is 1. The van der Waals surface area contributed by atoms with E-state index >= 15 is 0 Å². The van der Waals surface area contributed by atoms with Crippen LogP contribution < -0.4 is 20.5 Å². The van der Waals surface area contributed by atoms with Crippen molar-refractivity contribution in [3.8, 4) is 23.6 Å². The minimum Gasteiger partial charge on any atom is -0.493 e. The molecule has 0 aliphatic heterocycles. The summed E-state index contributed by atoms with van der Waals surface area (Å²) in [6, 6.07) is 13.0. The molecule has 0 aliphatic carbocycles. The van der Waals surface area contributed by atoms with Gasteiger partial charge in [-0.1, -0.05) is 34.1 Å². The fourth-order valence-electron chi connectivity index (χ4n) is 2.33. The maximum atomic E-state index is 11.8. The van der Waals surface area contributed by atoms with Crippen LogP contribution >= 0.6 is 15.9 Å². The van der Waals surface area contributed by atoms with Crippen LogP contribution in [0.1, 0.15) is 16.7 Å². The zero-order valence-electron chi connectivity index (χ0n) is 15.2. The molecule has 2 aromatic carbocycles. The minimum absolute atomic E-state index is 0.145. The number of nitrogens with two attached hydrogens (primary N) is 1. The lowest BCUT2D eigenvalue weighted by molar-refractivity contribution is -0.115. The monoisotopic (exact) mass is 454 g/mol. The van der Waals surface area contributed by atoms with Gasteiger partial charge in [0, 0.05) is 10.0 Å². The van der Waals surface area contributed by atoms with E-state index in [1.807, 2.05) is 5.32 Å². The predicted molar refractivity (Wildman–Crippen MR) is 107 cm³/mol. The Kier molecular flexibility index (Phi) is 7.35. The van der Waals surface area contributed by atoms with Gasteiger partial charge in [0.05, 0.1) is 18.7 Å². The van der Waals surface area contributed by atoms with E-state index in [4.69, 9.17) is 15.2 Å². The lowest BCUT2D eigenvalue weighted by atomic mass is 10.1. The number of methoxy groups -OCH3 is 1. The molecule has 0 unspecified atom stereocenters. The van der Waals surface area contributed by atoms with E-state index in [2.05, 4.69) is 22.0 Å². The van der Waals surface area contributed by atoms with Crippen LogP contribution in [0.3, 0.4) is 0 Å². The van der Waals surface area contributed by atoms with Gasteiger partial charge in [0.25, 0.3) is 5.91 Å². The first-order valence-corrected chi connectivity index (χ1v) is 8.89. The van der Waals surface area contributed by atoms with Crippen LogP contribution in [0.25, 0.3) is 6.08 Å². The van der Waals surface area contributed by atoms with Crippen LogP contribution in [-0.4, -0.2) is 19.0 Å². The smallest absolute Gasteiger partial charge is 0.319 e. The second-order valence-electron chi connectivity index (χ2n) is 5.57. The fourth-order valence-corrected chi connectivity index (χ4v) is 2.76. The van der Waals surface area contributed by atoms with Gasteiger partial charge in [-0.25, -0.2) is 4.79 Å². The van der Waals surface area contributed by atoms with Crippen LogP contribution in [0.15, 0.2) is 46.4 Å². The van der Waals surface area contributed by atoms with Gasteiger partial charge in [-0.2, -0.15) is 10.5 Å². The van der Waals surface area contributed by atoms with Crippen molar-refractivity contribution in [1.82, 2.24) is 5.32 Å². The molecule has 3 amide bonds. The lowest BCUT2D eigenvalue weighted by Gasteiger charge is -2.13. The van der Waals surface area contributed by atoms with E-state index in [1.54, 1.807) is 42.5 Å². The van der Waals surface area contributed by atoms with E-state index in [-0.39, 0.29) is 12.2 Å². The molecule has 146 valence electrons. The molecular weight excluding hydrogens is 440 g/mol. The minimum atomic E-state index is -1.06. The second-order valence-corrected chi connectivity index (χ2v) is 6.42. The van der Waals surface area contributed by atoms with Gasteiger partial charge in [0.2, 0.25) is 0 Å². The number of imide groups is 1. The lowest BCUT2D eigenvalue weighted by Crippen LogP contribution is -2.35. The molecular formula is C20H15BrN4O4. The highest BCUT2D eigenvalue weighted by molar-refractivity contribution is 9.10. The van der Waals surface area contributed by atoms with Gasteiger partial charge in [-0.15, -0.1) is 0 Å². The van der Waals surface area contributed by atoms with E-state index < -0.39 is 11.9 Å². The number of urea groups is 1. The Balaban J connectivity index is 2.32. The first-order valence-electron chi connectivity index (χ1n) is 8.10. The van der Waals surface area contributed by atoms with Crippen molar-refractivity contribution < 1.29 is 19.1 Å². The first kappa shape index (κ1) is 21.5. The van der Waals surface area contributed by atoms with Crippen molar-refractivity contribution >= 4 is 33.9 Å². The Labute approximate surface area is 175 Å². The molecule has 0 saturated carbocycles. The molecule has 8 nitrogen and oxygen atoms in total. The zero-order chi connectivity index (χ0) is 21.4. The summed E-state index contributed by atoms with van der Waals surface area (Å²) in [7, 11) is 1.44. The third kappa shape index (κ3) is 5.58. The average Bonchev–Trinajstić information content (AvgIpc) is 2.70. The average molecular weight is 455 g/mol. The number of carbonyl (C=O) groups excluding carboxylic acids is 2. The molecule has 0 aromatic heterocycles. The molecule has 0 radical (unpaired) electrons. The molecule has 0 fully saturated rings. The standard InChI is InChI=1S/C20H15BrN4O4/c1-28-17-7-14(6-15(10-23)19(26)25-20(24)27)16(21)8-18(17)29-11-13-5-3-2-4-12(13)9-22/h2-8H,11H2,1H3,(H3,24,25,26,27)/b15-6-. The van der Waals surface area contributed by atoms with Crippen LogP contribution in [-0.2, 0) is 11.4 Å². The highest BCUT2D eigenvalue weighted by atomic mass is 79.9. The second kappa shape index (κ2) is 9.93. The molecule has 0 atom stereocenters. The van der Waals surface area contributed by atoms with Crippen LogP contribution in [0.5, 0.6) is 11.5 Å².